The molecule has 3 N–H and O–H groups in total. The third kappa shape index (κ3) is 10.8. The van der Waals surface area contributed by atoms with Gasteiger partial charge in [0.15, 0.2) is 0 Å². The van der Waals surface area contributed by atoms with Crippen LogP contribution in [0.3, 0.4) is 0 Å². The number of aryl methyl sites for hydroxylation is 1. The van der Waals surface area contributed by atoms with Crippen LogP contribution >= 0.6 is 0 Å². The van der Waals surface area contributed by atoms with E-state index in [-0.39, 0.29) is 23.8 Å². The summed E-state index contributed by atoms with van der Waals surface area (Å²) in [6, 6.07) is 9.48. The second-order valence-corrected chi connectivity index (χ2v) is 8.19. The molecule has 0 saturated carbocycles. The molecule has 0 bridgehead atoms. The van der Waals surface area contributed by atoms with Gasteiger partial charge in [0.25, 0.3) is 0 Å². The number of amides is 2. The van der Waals surface area contributed by atoms with Gasteiger partial charge in [-0.05, 0) is 30.7 Å². The number of hydrogen-bond acceptors (Lipinski definition) is 3. The van der Waals surface area contributed by atoms with E-state index < -0.39 is 6.04 Å². The van der Waals surface area contributed by atoms with Crippen LogP contribution in [0.5, 0.6) is 0 Å². The van der Waals surface area contributed by atoms with E-state index in [2.05, 4.69) is 36.0 Å². The molecule has 5 nitrogen and oxygen atoms in total. The molecule has 0 radical (unpaired) electrons. The van der Waals surface area contributed by atoms with E-state index in [4.69, 9.17) is 0 Å². The number of unbranched alkanes of at least 4 members (excludes halogenated alkanes) is 1. The SMILES string of the molecule is C=CC(CCCC)NC(=C)CNC(=O)C(CC(C)C)NC(=O)CCc1ccccc1. The summed E-state index contributed by atoms with van der Waals surface area (Å²) >= 11 is 0. The zero-order valence-corrected chi connectivity index (χ0v) is 18.9. The van der Waals surface area contributed by atoms with Gasteiger partial charge in [0.05, 0.1) is 6.54 Å². The summed E-state index contributed by atoms with van der Waals surface area (Å²) < 4.78 is 0. The highest BCUT2D eigenvalue weighted by molar-refractivity contribution is 5.87. The first kappa shape index (κ1) is 25.5. The summed E-state index contributed by atoms with van der Waals surface area (Å²) in [6.07, 6.45) is 6.69. The Kier molecular flexibility index (Phi) is 12.3. The second-order valence-electron chi connectivity index (χ2n) is 8.19. The predicted molar refractivity (Wildman–Crippen MR) is 125 cm³/mol. The molecule has 0 fully saturated rings. The molecule has 1 aromatic rings. The smallest absolute Gasteiger partial charge is 0.242 e. The van der Waals surface area contributed by atoms with Crippen LogP contribution in [0.2, 0.25) is 0 Å². The predicted octanol–water partition coefficient (Wildman–Crippen LogP) is 4.11. The van der Waals surface area contributed by atoms with Crippen LogP contribution in [0, 0.1) is 5.92 Å². The lowest BCUT2D eigenvalue weighted by Crippen LogP contribution is -2.48. The van der Waals surface area contributed by atoms with Crippen LogP contribution in [0.15, 0.2) is 55.3 Å². The molecule has 0 aliphatic rings. The Balaban J connectivity index is 2.51. The Hall–Kier alpha value is -2.56. The minimum absolute atomic E-state index is 0.108. The monoisotopic (exact) mass is 413 g/mol. The minimum Gasteiger partial charge on any atom is -0.381 e. The summed E-state index contributed by atoms with van der Waals surface area (Å²) in [6.45, 7) is 14.4. The van der Waals surface area contributed by atoms with Gasteiger partial charge < -0.3 is 16.0 Å². The zero-order valence-electron chi connectivity index (χ0n) is 18.9. The lowest BCUT2D eigenvalue weighted by Gasteiger charge is -2.22. The van der Waals surface area contributed by atoms with Gasteiger partial charge >= 0.3 is 0 Å². The van der Waals surface area contributed by atoms with E-state index in [0.717, 1.165) is 30.5 Å². The van der Waals surface area contributed by atoms with Crippen molar-refractivity contribution in [2.24, 2.45) is 5.92 Å². The average molecular weight is 414 g/mol. The Bertz CT molecular complexity index is 670. The zero-order chi connectivity index (χ0) is 22.4. The van der Waals surface area contributed by atoms with Crippen molar-refractivity contribution in [1.29, 1.82) is 0 Å². The fourth-order valence-corrected chi connectivity index (χ4v) is 3.18. The maximum Gasteiger partial charge on any atom is 0.242 e. The molecule has 0 aliphatic carbocycles. The van der Waals surface area contributed by atoms with Crippen molar-refractivity contribution in [2.45, 2.75) is 71.4 Å². The van der Waals surface area contributed by atoms with Crippen LogP contribution in [0.25, 0.3) is 0 Å². The molecule has 30 heavy (non-hydrogen) atoms. The molecule has 2 amide bonds. The second kappa shape index (κ2) is 14.4. The molecule has 0 heterocycles. The Morgan fingerprint density at radius 1 is 1.13 bits per heavy atom. The number of rotatable bonds is 15. The Morgan fingerprint density at radius 2 is 1.83 bits per heavy atom. The van der Waals surface area contributed by atoms with Crippen molar-refractivity contribution >= 4 is 11.8 Å². The molecule has 0 aromatic heterocycles. The van der Waals surface area contributed by atoms with Crippen LogP contribution in [0.1, 0.15) is 58.4 Å². The first-order chi connectivity index (χ1) is 14.3. The first-order valence-electron chi connectivity index (χ1n) is 11.0. The van der Waals surface area contributed by atoms with Crippen molar-refractivity contribution in [2.75, 3.05) is 6.54 Å². The van der Waals surface area contributed by atoms with Crippen molar-refractivity contribution in [3.8, 4) is 0 Å². The molecule has 5 heteroatoms. The number of carbonyl (C=O) groups excluding carboxylic acids is 2. The maximum atomic E-state index is 12.7. The summed E-state index contributed by atoms with van der Waals surface area (Å²) in [5.41, 5.74) is 1.85. The molecule has 0 saturated heterocycles. The van der Waals surface area contributed by atoms with Crippen LogP contribution < -0.4 is 16.0 Å². The molecule has 1 aromatic carbocycles. The van der Waals surface area contributed by atoms with Crippen molar-refractivity contribution in [3.05, 3.63) is 60.8 Å². The first-order valence-corrected chi connectivity index (χ1v) is 11.0. The molecular formula is C25H39N3O2. The van der Waals surface area contributed by atoms with E-state index >= 15 is 0 Å². The molecular weight excluding hydrogens is 374 g/mol. The van der Waals surface area contributed by atoms with E-state index in [1.165, 1.54) is 0 Å². The van der Waals surface area contributed by atoms with Crippen molar-refractivity contribution in [3.63, 3.8) is 0 Å². The summed E-state index contributed by atoms with van der Waals surface area (Å²) in [7, 11) is 0. The number of nitrogens with one attached hydrogen (secondary N) is 3. The molecule has 1 rings (SSSR count). The van der Waals surface area contributed by atoms with Gasteiger partial charge in [-0.25, -0.2) is 0 Å². The third-order valence-corrected chi connectivity index (χ3v) is 4.86. The molecule has 0 aliphatic heterocycles. The highest BCUT2D eigenvalue weighted by Crippen LogP contribution is 2.08. The van der Waals surface area contributed by atoms with Gasteiger partial charge in [0, 0.05) is 18.2 Å². The number of carbonyl (C=O) groups is 2. The fourth-order valence-electron chi connectivity index (χ4n) is 3.18. The largest absolute Gasteiger partial charge is 0.381 e. The van der Waals surface area contributed by atoms with Crippen LogP contribution in [-0.2, 0) is 16.0 Å². The van der Waals surface area contributed by atoms with Crippen molar-refractivity contribution in [1.82, 2.24) is 16.0 Å². The van der Waals surface area contributed by atoms with Gasteiger partial charge in [-0.1, -0.05) is 76.6 Å². The maximum absolute atomic E-state index is 12.7. The van der Waals surface area contributed by atoms with Gasteiger partial charge in [-0.3, -0.25) is 9.59 Å². The molecule has 2 atom stereocenters. The number of hydrogen-bond donors (Lipinski definition) is 3. The van der Waals surface area contributed by atoms with Gasteiger partial charge in [0.2, 0.25) is 11.8 Å². The van der Waals surface area contributed by atoms with E-state index in [1.54, 1.807) is 0 Å². The summed E-state index contributed by atoms with van der Waals surface area (Å²) in [5.74, 6) is 0.00186. The average Bonchev–Trinajstić information content (AvgIpc) is 2.73. The quantitative estimate of drug-likeness (QED) is 0.379. The lowest BCUT2D eigenvalue weighted by atomic mass is 10.0. The van der Waals surface area contributed by atoms with E-state index in [9.17, 15) is 9.59 Å². The Labute approximate surface area is 182 Å². The lowest BCUT2D eigenvalue weighted by molar-refractivity contribution is -0.129. The van der Waals surface area contributed by atoms with Crippen molar-refractivity contribution < 1.29 is 9.59 Å². The summed E-state index contributed by atoms with van der Waals surface area (Å²) in [4.78, 5) is 25.1. The van der Waals surface area contributed by atoms with E-state index in [0.29, 0.717) is 25.8 Å². The van der Waals surface area contributed by atoms with Gasteiger partial charge in [-0.15, -0.1) is 6.58 Å². The highest BCUT2D eigenvalue weighted by Gasteiger charge is 2.21. The molecule has 0 spiro atoms. The number of benzene rings is 1. The highest BCUT2D eigenvalue weighted by atomic mass is 16.2. The molecule has 166 valence electrons. The fraction of sp³-hybridized carbons (Fsp3) is 0.520. The summed E-state index contributed by atoms with van der Waals surface area (Å²) in [5, 5.41) is 9.11. The van der Waals surface area contributed by atoms with Gasteiger partial charge in [-0.2, -0.15) is 0 Å². The van der Waals surface area contributed by atoms with Crippen LogP contribution in [0.4, 0.5) is 0 Å². The van der Waals surface area contributed by atoms with E-state index in [1.807, 2.05) is 50.3 Å². The Morgan fingerprint density at radius 3 is 2.43 bits per heavy atom. The standard InChI is InChI=1S/C25H39N3O2/c1-6-8-14-22(7-2)27-20(5)18-26-25(30)23(17-19(3)4)28-24(29)16-15-21-12-10-9-11-13-21/h7,9-13,19,22-23,27H,2,5-6,8,14-18H2,1,3-4H3,(H,26,30)(H,28,29). The minimum atomic E-state index is -0.545. The van der Waals surface area contributed by atoms with Crippen LogP contribution in [-0.4, -0.2) is 30.4 Å². The topological polar surface area (TPSA) is 70.2 Å². The van der Waals surface area contributed by atoms with Gasteiger partial charge in [0.1, 0.15) is 6.04 Å². The normalized spacial score (nSPS) is 12.7. The molecule has 2 unspecified atom stereocenters. The third-order valence-electron chi connectivity index (χ3n) is 4.86.